The number of furan rings is 1. The summed E-state index contributed by atoms with van der Waals surface area (Å²) in [4.78, 5) is 16.5. The molecule has 0 fully saturated rings. The van der Waals surface area contributed by atoms with E-state index in [1.54, 1.807) is 42.5 Å². The zero-order chi connectivity index (χ0) is 15.4. The average Bonchev–Trinajstić information content (AvgIpc) is 3.25. The van der Waals surface area contributed by atoms with Crippen molar-refractivity contribution in [2.45, 2.75) is 19.5 Å². The van der Waals surface area contributed by atoms with Gasteiger partial charge in [0.15, 0.2) is 5.76 Å². The van der Waals surface area contributed by atoms with Gasteiger partial charge < -0.3 is 9.73 Å². The Hall–Kier alpha value is -2.89. The third-order valence-electron chi connectivity index (χ3n) is 3.40. The van der Waals surface area contributed by atoms with Crippen molar-refractivity contribution in [3.05, 3.63) is 60.7 Å². The zero-order valence-corrected chi connectivity index (χ0v) is 12.1. The van der Waals surface area contributed by atoms with E-state index in [0.717, 1.165) is 11.3 Å². The molecule has 1 unspecified atom stereocenters. The number of amides is 1. The van der Waals surface area contributed by atoms with E-state index in [1.807, 2.05) is 24.3 Å². The number of carbonyl (C=O) groups excluding carboxylic acids is 1. The first kappa shape index (κ1) is 14.1. The highest BCUT2D eigenvalue weighted by atomic mass is 16.3. The number of pyridine rings is 1. The standard InChI is InChI=1S/C16H16N4O2/c1-12(20-9-4-8-19-20)16(21)18-11-13-5-2-7-17-15(13)14-6-3-10-22-14/h2-10,12H,11H2,1H3,(H,18,21). The van der Waals surface area contributed by atoms with Gasteiger partial charge in [0, 0.05) is 30.7 Å². The van der Waals surface area contributed by atoms with E-state index < -0.39 is 0 Å². The second-order valence-corrected chi connectivity index (χ2v) is 4.87. The van der Waals surface area contributed by atoms with E-state index in [9.17, 15) is 4.79 Å². The van der Waals surface area contributed by atoms with Gasteiger partial charge in [-0.05, 0) is 31.2 Å². The van der Waals surface area contributed by atoms with Crippen molar-refractivity contribution in [1.29, 1.82) is 0 Å². The third-order valence-corrected chi connectivity index (χ3v) is 3.40. The number of hydrogen-bond donors (Lipinski definition) is 1. The Bertz CT molecular complexity index is 735. The van der Waals surface area contributed by atoms with Gasteiger partial charge in [-0.3, -0.25) is 14.5 Å². The molecule has 0 aliphatic rings. The van der Waals surface area contributed by atoms with E-state index in [1.165, 1.54) is 0 Å². The lowest BCUT2D eigenvalue weighted by Crippen LogP contribution is -2.31. The average molecular weight is 296 g/mol. The monoisotopic (exact) mass is 296 g/mol. The summed E-state index contributed by atoms with van der Waals surface area (Å²) in [6.45, 7) is 2.19. The van der Waals surface area contributed by atoms with Gasteiger partial charge in [-0.25, -0.2) is 0 Å². The quantitative estimate of drug-likeness (QED) is 0.784. The van der Waals surface area contributed by atoms with Crippen LogP contribution in [-0.2, 0) is 11.3 Å². The summed E-state index contributed by atoms with van der Waals surface area (Å²) in [6, 6.07) is 8.85. The fraction of sp³-hybridized carbons (Fsp3) is 0.188. The van der Waals surface area contributed by atoms with Crippen molar-refractivity contribution < 1.29 is 9.21 Å². The Labute approximate surface area is 127 Å². The van der Waals surface area contributed by atoms with Crippen LogP contribution in [0.2, 0.25) is 0 Å². The maximum Gasteiger partial charge on any atom is 0.244 e. The lowest BCUT2D eigenvalue weighted by molar-refractivity contribution is -0.124. The van der Waals surface area contributed by atoms with Gasteiger partial charge in [0.25, 0.3) is 0 Å². The van der Waals surface area contributed by atoms with Gasteiger partial charge in [0.2, 0.25) is 5.91 Å². The first-order valence-corrected chi connectivity index (χ1v) is 7.00. The summed E-state index contributed by atoms with van der Waals surface area (Å²) >= 11 is 0. The summed E-state index contributed by atoms with van der Waals surface area (Å²) in [7, 11) is 0. The van der Waals surface area contributed by atoms with Gasteiger partial charge in [0.05, 0.1) is 6.26 Å². The van der Waals surface area contributed by atoms with Crippen LogP contribution in [0.15, 0.2) is 59.6 Å². The Balaban J connectivity index is 1.71. The molecule has 0 aromatic carbocycles. The van der Waals surface area contributed by atoms with Crippen LogP contribution in [0.5, 0.6) is 0 Å². The number of nitrogens with zero attached hydrogens (tertiary/aromatic N) is 3. The fourth-order valence-electron chi connectivity index (χ4n) is 2.18. The lowest BCUT2D eigenvalue weighted by atomic mass is 10.1. The Morgan fingerprint density at radius 3 is 2.95 bits per heavy atom. The van der Waals surface area contributed by atoms with Crippen LogP contribution < -0.4 is 5.32 Å². The molecule has 1 atom stereocenters. The van der Waals surface area contributed by atoms with E-state index in [2.05, 4.69) is 15.4 Å². The first-order chi connectivity index (χ1) is 10.8. The summed E-state index contributed by atoms with van der Waals surface area (Å²) in [5.74, 6) is 0.586. The highest BCUT2D eigenvalue weighted by Gasteiger charge is 2.16. The number of nitrogens with one attached hydrogen (secondary N) is 1. The molecule has 0 spiro atoms. The second kappa shape index (κ2) is 6.26. The molecular formula is C16H16N4O2. The summed E-state index contributed by atoms with van der Waals surface area (Å²) < 4.78 is 7.00. The molecule has 0 saturated heterocycles. The molecule has 3 rings (SSSR count). The fourth-order valence-corrected chi connectivity index (χ4v) is 2.18. The number of rotatable bonds is 5. The van der Waals surface area contributed by atoms with Crippen LogP contribution in [0, 0.1) is 0 Å². The van der Waals surface area contributed by atoms with Crippen molar-refractivity contribution in [1.82, 2.24) is 20.1 Å². The minimum atomic E-state index is -0.362. The molecule has 1 N–H and O–H groups in total. The van der Waals surface area contributed by atoms with Crippen molar-refractivity contribution in [3.63, 3.8) is 0 Å². The predicted molar refractivity (Wildman–Crippen MR) is 80.7 cm³/mol. The van der Waals surface area contributed by atoms with Crippen molar-refractivity contribution in [3.8, 4) is 11.5 Å². The van der Waals surface area contributed by atoms with Crippen molar-refractivity contribution >= 4 is 5.91 Å². The summed E-state index contributed by atoms with van der Waals surface area (Å²) in [5.41, 5.74) is 1.64. The van der Waals surface area contributed by atoms with E-state index in [-0.39, 0.29) is 11.9 Å². The van der Waals surface area contributed by atoms with Gasteiger partial charge in [0.1, 0.15) is 11.7 Å². The van der Waals surface area contributed by atoms with Crippen LogP contribution in [0.25, 0.3) is 11.5 Å². The molecule has 6 nitrogen and oxygen atoms in total. The highest BCUT2D eigenvalue weighted by molar-refractivity contribution is 5.79. The molecule has 0 saturated carbocycles. The van der Waals surface area contributed by atoms with Crippen LogP contribution in [0.1, 0.15) is 18.5 Å². The SMILES string of the molecule is CC(C(=O)NCc1cccnc1-c1ccco1)n1cccn1. The largest absolute Gasteiger partial charge is 0.463 e. The van der Waals surface area contributed by atoms with E-state index >= 15 is 0 Å². The molecule has 1 amide bonds. The van der Waals surface area contributed by atoms with Crippen LogP contribution in [0.4, 0.5) is 0 Å². The Morgan fingerprint density at radius 1 is 1.32 bits per heavy atom. The van der Waals surface area contributed by atoms with Crippen LogP contribution in [0.3, 0.4) is 0 Å². The van der Waals surface area contributed by atoms with E-state index in [0.29, 0.717) is 12.3 Å². The lowest BCUT2D eigenvalue weighted by Gasteiger charge is -2.13. The van der Waals surface area contributed by atoms with Gasteiger partial charge in [-0.15, -0.1) is 0 Å². The van der Waals surface area contributed by atoms with Crippen LogP contribution in [-0.4, -0.2) is 20.7 Å². The second-order valence-electron chi connectivity index (χ2n) is 4.87. The molecule has 3 aromatic rings. The molecule has 3 heterocycles. The smallest absolute Gasteiger partial charge is 0.244 e. The number of aromatic nitrogens is 3. The minimum Gasteiger partial charge on any atom is -0.463 e. The third kappa shape index (κ3) is 2.90. The predicted octanol–water partition coefficient (Wildman–Crippen LogP) is 2.42. The molecule has 0 aliphatic carbocycles. The molecular weight excluding hydrogens is 280 g/mol. The molecule has 6 heteroatoms. The molecule has 0 bridgehead atoms. The Kier molecular flexibility index (Phi) is 4.00. The topological polar surface area (TPSA) is 73.0 Å². The van der Waals surface area contributed by atoms with Gasteiger partial charge in [-0.1, -0.05) is 6.07 Å². The van der Waals surface area contributed by atoms with Gasteiger partial charge >= 0.3 is 0 Å². The van der Waals surface area contributed by atoms with Crippen molar-refractivity contribution in [2.24, 2.45) is 0 Å². The first-order valence-electron chi connectivity index (χ1n) is 7.00. The summed E-state index contributed by atoms with van der Waals surface area (Å²) in [5, 5.41) is 6.99. The maximum absolute atomic E-state index is 12.2. The van der Waals surface area contributed by atoms with E-state index in [4.69, 9.17) is 4.42 Å². The molecule has 0 aliphatic heterocycles. The maximum atomic E-state index is 12.2. The molecule has 0 radical (unpaired) electrons. The zero-order valence-electron chi connectivity index (χ0n) is 12.1. The molecule has 3 aromatic heterocycles. The highest BCUT2D eigenvalue weighted by Crippen LogP contribution is 2.21. The molecule has 22 heavy (non-hydrogen) atoms. The normalized spacial score (nSPS) is 12.0. The number of carbonyl (C=O) groups is 1. The summed E-state index contributed by atoms with van der Waals surface area (Å²) in [6.07, 6.45) is 6.73. The Morgan fingerprint density at radius 2 is 2.23 bits per heavy atom. The van der Waals surface area contributed by atoms with Crippen LogP contribution >= 0.6 is 0 Å². The number of hydrogen-bond acceptors (Lipinski definition) is 4. The van der Waals surface area contributed by atoms with Gasteiger partial charge in [-0.2, -0.15) is 5.10 Å². The molecule has 112 valence electrons. The van der Waals surface area contributed by atoms with Crippen molar-refractivity contribution in [2.75, 3.05) is 0 Å². The minimum absolute atomic E-state index is 0.0991.